The molecule has 1 aromatic carbocycles. The van der Waals surface area contributed by atoms with Gasteiger partial charge in [0.1, 0.15) is 0 Å². The number of benzene rings is 1. The summed E-state index contributed by atoms with van der Waals surface area (Å²) in [6.07, 6.45) is 3.00. The second-order valence-corrected chi connectivity index (χ2v) is 5.44. The molecule has 2 rings (SSSR count). The first-order valence-electron chi connectivity index (χ1n) is 5.92. The van der Waals surface area contributed by atoms with Gasteiger partial charge < -0.3 is 0 Å². The summed E-state index contributed by atoms with van der Waals surface area (Å²) >= 11 is 5.88. The topological polar surface area (TPSA) is 0 Å². The van der Waals surface area contributed by atoms with Crippen molar-refractivity contribution in [3.63, 3.8) is 0 Å². The van der Waals surface area contributed by atoms with Crippen LogP contribution in [0.1, 0.15) is 40.0 Å². The summed E-state index contributed by atoms with van der Waals surface area (Å²) in [6, 6.07) is 8.64. The Morgan fingerprint density at radius 3 is 2.60 bits per heavy atom. The van der Waals surface area contributed by atoms with E-state index in [0.29, 0.717) is 5.41 Å². The molecule has 0 aromatic heterocycles. The van der Waals surface area contributed by atoms with Gasteiger partial charge in [0, 0.05) is 5.02 Å². The molecule has 15 heavy (non-hydrogen) atoms. The molecule has 1 aliphatic rings. The highest BCUT2D eigenvalue weighted by atomic mass is 35.5. The van der Waals surface area contributed by atoms with Crippen LogP contribution in [-0.4, -0.2) is 0 Å². The van der Waals surface area contributed by atoms with E-state index in [1.54, 1.807) is 0 Å². The molecule has 0 radical (unpaired) electrons. The van der Waals surface area contributed by atoms with E-state index in [1.165, 1.54) is 5.57 Å². The minimum absolute atomic E-state index is 0.319. The van der Waals surface area contributed by atoms with Crippen molar-refractivity contribution < 1.29 is 1.37 Å². The van der Waals surface area contributed by atoms with Crippen LogP contribution in [0, 0.1) is 5.41 Å². The molecule has 0 unspecified atom stereocenters. The predicted molar refractivity (Wildman–Crippen MR) is 67.1 cm³/mol. The number of halogens is 1. The Bertz CT molecular complexity index is 415. The average Bonchev–Trinajstić information content (AvgIpc) is 2.23. The fraction of sp³-hybridized carbons (Fsp3) is 0.429. The van der Waals surface area contributed by atoms with E-state index >= 15 is 0 Å². The number of allylic oxidation sites excluding steroid dienone is 2. The molecule has 0 bridgehead atoms. The molecule has 1 heteroatoms. The van der Waals surface area contributed by atoms with Gasteiger partial charge in [0.15, 0.2) is 0 Å². The third kappa shape index (κ3) is 2.63. The molecule has 0 amide bonds. The summed E-state index contributed by atoms with van der Waals surface area (Å²) in [5, 5.41) is 0.756. The van der Waals surface area contributed by atoms with Gasteiger partial charge in [0.25, 0.3) is 0 Å². The zero-order chi connectivity index (χ0) is 11.8. The highest BCUT2D eigenvalue weighted by Gasteiger charge is 2.23. The number of hydrogen-bond donors (Lipinski definition) is 0. The van der Waals surface area contributed by atoms with Crippen LogP contribution < -0.4 is 0 Å². The molecule has 1 aromatic rings. The van der Waals surface area contributed by atoms with Crippen LogP contribution in [0.2, 0.25) is 5.02 Å². The van der Waals surface area contributed by atoms with E-state index < -0.39 is 0 Å². The van der Waals surface area contributed by atoms with Crippen LogP contribution in [0.4, 0.5) is 0 Å². The zero-order valence-corrected chi connectivity index (χ0v) is 10.1. The maximum absolute atomic E-state index is 8.04. The molecule has 0 heterocycles. The molecule has 0 fully saturated rings. The van der Waals surface area contributed by atoms with Crippen molar-refractivity contribution in [2.75, 3.05) is 0 Å². The summed E-state index contributed by atoms with van der Waals surface area (Å²) in [7, 11) is 0. The van der Waals surface area contributed by atoms with Gasteiger partial charge in [-0.05, 0) is 47.9 Å². The van der Waals surface area contributed by atoms with E-state index in [2.05, 4.69) is 13.8 Å². The fourth-order valence-corrected chi connectivity index (χ4v) is 2.16. The molecule has 0 saturated carbocycles. The average molecular weight is 222 g/mol. The number of rotatable bonds is 1. The Labute approximate surface area is 98.4 Å². The van der Waals surface area contributed by atoms with Crippen molar-refractivity contribution in [1.82, 2.24) is 0 Å². The first-order chi connectivity index (χ1) is 7.48. The third-order valence-corrected chi connectivity index (χ3v) is 3.24. The van der Waals surface area contributed by atoms with Gasteiger partial charge in [0.2, 0.25) is 0 Å². The summed E-state index contributed by atoms with van der Waals surface area (Å²) in [5.74, 6) is 0. The van der Waals surface area contributed by atoms with E-state index in [4.69, 9.17) is 13.0 Å². The standard InChI is InChI=1S/C14H17Cl/c1-14(2)9-3-4-12(10-14)11-5-7-13(15)8-6-11/h4-8H,3,9-10H2,1-2H3/i4D. The highest BCUT2D eigenvalue weighted by Crippen LogP contribution is 2.39. The maximum atomic E-state index is 8.04. The van der Waals surface area contributed by atoms with E-state index in [9.17, 15) is 0 Å². The van der Waals surface area contributed by atoms with Gasteiger partial charge in [0.05, 0.1) is 1.37 Å². The molecule has 1 aliphatic carbocycles. The molecule has 0 nitrogen and oxygen atoms in total. The van der Waals surface area contributed by atoms with Crippen LogP contribution >= 0.6 is 11.6 Å². The van der Waals surface area contributed by atoms with Gasteiger partial charge in [-0.15, -0.1) is 0 Å². The zero-order valence-electron chi connectivity index (χ0n) is 10.3. The normalized spacial score (nSPS) is 21.4. The quantitative estimate of drug-likeness (QED) is 0.631. The van der Waals surface area contributed by atoms with Crippen molar-refractivity contribution in [2.45, 2.75) is 33.1 Å². The Hall–Kier alpha value is -0.750. The molecular formula is C14H17Cl. The SMILES string of the molecule is [2H]C1=C(c2ccc(Cl)cc2)CC(C)(C)CC1. The van der Waals surface area contributed by atoms with Gasteiger partial charge in [-0.25, -0.2) is 0 Å². The summed E-state index contributed by atoms with van der Waals surface area (Å²) < 4.78 is 8.04. The number of hydrogen-bond acceptors (Lipinski definition) is 0. The Kier molecular flexibility index (Phi) is 2.54. The summed E-state index contributed by atoms with van der Waals surface area (Å²) in [4.78, 5) is 0. The molecule has 0 atom stereocenters. The molecule has 0 saturated heterocycles. The molecule has 0 aliphatic heterocycles. The Balaban J connectivity index is 2.35. The van der Waals surface area contributed by atoms with Crippen LogP contribution in [0.25, 0.3) is 5.57 Å². The minimum Gasteiger partial charge on any atom is -0.0843 e. The molecular weight excluding hydrogens is 204 g/mol. The largest absolute Gasteiger partial charge is 0.0843 e. The lowest BCUT2D eigenvalue weighted by Gasteiger charge is -2.29. The Morgan fingerprint density at radius 1 is 1.27 bits per heavy atom. The monoisotopic (exact) mass is 221 g/mol. The lowest BCUT2D eigenvalue weighted by Crippen LogP contribution is -2.15. The highest BCUT2D eigenvalue weighted by molar-refractivity contribution is 6.30. The van der Waals surface area contributed by atoms with Crippen molar-refractivity contribution in [2.24, 2.45) is 5.41 Å². The van der Waals surface area contributed by atoms with E-state index in [-0.39, 0.29) is 0 Å². The molecule has 80 valence electrons. The molecule has 0 spiro atoms. The fourth-order valence-electron chi connectivity index (χ4n) is 2.04. The molecule has 0 N–H and O–H groups in total. The van der Waals surface area contributed by atoms with Crippen LogP contribution in [0.15, 0.2) is 30.3 Å². The van der Waals surface area contributed by atoms with Gasteiger partial charge in [-0.1, -0.05) is 43.6 Å². The van der Waals surface area contributed by atoms with Gasteiger partial charge >= 0.3 is 0 Å². The van der Waals surface area contributed by atoms with Crippen molar-refractivity contribution in [3.8, 4) is 0 Å². The first-order valence-corrected chi connectivity index (χ1v) is 5.80. The van der Waals surface area contributed by atoms with E-state index in [0.717, 1.165) is 35.9 Å². The van der Waals surface area contributed by atoms with Crippen LogP contribution in [-0.2, 0) is 0 Å². The Morgan fingerprint density at radius 2 is 1.93 bits per heavy atom. The predicted octanol–water partition coefficient (Wildman–Crippen LogP) is 4.93. The van der Waals surface area contributed by atoms with Crippen LogP contribution in [0.3, 0.4) is 0 Å². The lowest BCUT2D eigenvalue weighted by atomic mass is 9.76. The smallest absolute Gasteiger partial charge is 0.0579 e. The maximum Gasteiger partial charge on any atom is 0.0579 e. The van der Waals surface area contributed by atoms with E-state index in [1.807, 2.05) is 24.3 Å². The first kappa shape index (κ1) is 9.47. The lowest BCUT2D eigenvalue weighted by molar-refractivity contribution is 0.338. The van der Waals surface area contributed by atoms with Gasteiger partial charge in [-0.3, -0.25) is 0 Å². The van der Waals surface area contributed by atoms with Gasteiger partial charge in [-0.2, -0.15) is 0 Å². The summed E-state index contributed by atoms with van der Waals surface area (Å²) in [6.45, 7) is 4.55. The third-order valence-electron chi connectivity index (χ3n) is 2.99. The second kappa shape index (κ2) is 4.02. The minimum atomic E-state index is 0.319. The van der Waals surface area contributed by atoms with Crippen LogP contribution in [0.5, 0.6) is 0 Å². The van der Waals surface area contributed by atoms with Crippen molar-refractivity contribution in [1.29, 1.82) is 0 Å². The van der Waals surface area contributed by atoms with Crippen molar-refractivity contribution >= 4 is 17.2 Å². The van der Waals surface area contributed by atoms with Crippen molar-refractivity contribution in [3.05, 3.63) is 40.9 Å². The summed E-state index contributed by atoms with van der Waals surface area (Å²) in [5.41, 5.74) is 2.66. The second-order valence-electron chi connectivity index (χ2n) is 5.00.